The van der Waals surface area contributed by atoms with Crippen molar-refractivity contribution in [1.82, 2.24) is 24.7 Å². The van der Waals surface area contributed by atoms with Gasteiger partial charge >= 0.3 is 0 Å². The number of morpholine rings is 1. The van der Waals surface area contributed by atoms with Crippen molar-refractivity contribution in [2.24, 2.45) is 7.05 Å². The minimum Gasteiger partial charge on any atom is -0.377 e. The fraction of sp³-hybridized carbons (Fsp3) is 0.320. The molecular weight excluding hydrogens is 451 g/mol. The Bertz CT molecular complexity index is 1550. The number of hydrogen-bond donors (Lipinski definition) is 1. The Labute approximate surface area is 200 Å². The van der Waals surface area contributed by atoms with E-state index in [-0.39, 0.29) is 11.9 Å². The fourth-order valence-corrected chi connectivity index (χ4v) is 5.92. The van der Waals surface area contributed by atoms with Crippen LogP contribution in [0, 0.1) is 19.7 Å². The fourth-order valence-electron chi connectivity index (χ4n) is 4.92. The maximum absolute atomic E-state index is 14.6. The highest BCUT2D eigenvalue weighted by atomic mass is 32.1. The average Bonchev–Trinajstić information content (AvgIpc) is 3.51. The molecule has 0 unspecified atom stereocenters. The molecule has 1 N–H and O–H groups in total. The Balaban J connectivity index is 1.66. The second-order valence-corrected chi connectivity index (χ2v) is 9.76. The summed E-state index contributed by atoms with van der Waals surface area (Å²) in [6, 6.07) is 5.14. The first-order valence-corrected chi connectivity index (χ1v) is 12.2. The number of anilines is 1. The Morgan fingerprint density at radius 1 is 1.21 bits per heavy atom. The van der Waals surface area contributed by atoms with E-state index in [4.69, 9.17) is 14.7 Å². The van der Waals surface area contributed by atoms with Gasteiger partial charge in [0.1, 0.15) is 5.82 Å². The first kappa shape index (κ1) is 21.2. The number of hydrogen-bond acceptors (Lipinski definition) is 6. The monoisotopic (exact) mass is 476 g/mol. The van der Waals surface area contributed by atoms with Gasteiger partial charge in [0, 0.05) is 58.5 Å². The summed E-state index contributed by atoms with van der Waals surface area (Å²) in [7, 11) is 1.96. The number of thiophene rings is 1. The zero-order valence-corrected chi connectivity index (χ0v) is 20.3. The first-order valence-electron chi connectivity index (χ1n) is 11.3. The number of fused-ring (bicyclic) bond motifs is 2. The number of rotatable bonds is 3. The summed E-state index contributed by atoms with van der Waals surface area (Å²) in [5.41, 5.74) is 6.44. The van der Waals surface area contributed by atoms with Crippen molar-refractivity contribution in [2.45, 2.75) is 26.8 Å². The molecule has 34 heavy (non-hydrogen) atoms. The normalized spacial score (nSPS) is 16.7. The van der Waals surface area contributed by atoms with Crippen LogP contribution >= 0.6 is 11.3 Å². The van der Waals surface area contributed by atoms with E-state index in [1.807, 2.05) is 30.9 Å². The number of nitrogens with zero attached hydrogens (tertiary/aromatic N) is 5. The second-order valence-electron chi connectivity index (χ2n) is 8.88. The van der Waals surface area contributed by atoms with E-state index >= 15 is 0 Å². The van der Waals surface area contributed by atoms with Crippen LogP contribution in [0.15, 0.2) is 29.8 Å². The van der Waals surface area contributed by atoms with Crippen molar-refractivity contribution in [3.8, 4) is 22.5 Å². The number of H-pyrrole nitrogens is 1. The quantitative estimate of drug-likeness (QED) is 0.387. The van der Waals surface area contributed by atoms with E-state index in [1.165, 1.54) is 12.1 Å². The number of aromatic amines is 1. The van der Waals surface area contributed by atoms with Crippen molar-refractivity contribution in [2.75, 3.05) is 24.7 Å². The highest BCUT2D eigenvalue weighted by Crippen LogP contribution is 2.42. The van der Waals surface area contributed by atoms with Crippen LogP contribution in [0.5, 0.6) is 0 Å². The van der Waals surface area contributed by atoms with Crippen LogP contribution in [0.1, 0.15) is 18.3 Å². The molecule has 6 rings (SSSR count). The smallest absolute Gasteiger partial charge is 0.163 e. The van der Waals surface area contributed by atoms with Crippen LogP contribution in [0.4, 0.5) is 10.2 Å². The number of aryl methyl sites for hydroxylation is 2. The number of halogens is 1. The molecule has 1 aromatic carbocycles. The standard InChI is InChI=1S/C25H25FN6OS/c1-13-11-33-8-7-32(13)25-23-22(19(12-34-23)21-14(2)30-31(4)15(21)3)28-24(29-25)18-9-16(26)10-20-17(18)5-6-27-20/h5-6,9-10,12-13,27H,7-8,11H2,1-4H3/t13-/m1/s1. The van der Waals surface area contributed by atoms with E-state index in [1.54, 1.807) is 11.3 Å². The Morgan fingerprint density at radius 2 is 2.06 bits per heavy atom. The molecule has 4 aromatic heterocycles. The van der Waals surface area contributed by atoms with Crippen molar-refractivity contribution in [1.29, 1.82) is 0 Å². The summed E-state index contributed by atoms with van der Waals surface area (Å²) >= 11 is 1.65. The summed E-state index contributed by atoms with van der Waals surface area (Å²) in [6.45, 7) is 8.27. The number of benzene rings is 1. The largest absolute Gasteiger partial charge is 0.377 e. The molecule has 1 aliphatic rings. The molecule has 0 saturated carbocycles. The van der Waals surface area contributed by atoms with Gasteiger partial charge in [0.15, 0.2) is 11.6 Å². The van der Waals surface area contributed by atoms with E-state index in [0.717, 1.165) is 56.0 Å². The molecule has 9 heteroatoms. The minimum absolute atomic E-state index is 0.173. The summed E-state index contributed by atoms with van der Waals surface area (Å²) in [4.78, 5) is 15.5. The van der Waals surface area contributed by atoms with Gasteiger partial charge in [-0.2, -0.15) is 5.10 Å². The van der Waals surface area contributed by atoms with E-state index < -0.39 is 0 Å². The predicted molar refractivity (Wildman–Crippen MR) is 134 cm³/mol. The van der Waals surface area contributed by atoms with Gasteiger partial charge in [-0.1, -0.05) is 0 Å². The van der Waals surface area contributed by atoms with Crippen LogP contribution in [0.25, 0.3) is 43.6 Å². The lowest BCUT2D eigenvalue weighted by molar-refractivity contribution is 0.0987. The molecular formula is C25H25FN6OS. The van der Waals surface area contributed by atoms with Crippen LogP contribution in [-0.2, 0) is 11.8 Å². The molecule has 174 valence electrons. The van der Waals surface area contributed by atoms with E-state index in [0.29, 0.717) is 24.6 Å². The van der Waals surface area contributed by atoms with Crippen molar-refractivity contribution in [3.63, 3.8) is 0 Å². The Hall–Kier alpha value is -3.30. The topological polar surface area (TPSA) is 71.9 Å². The second kappa shape index (κ2) is 7.89. The molecule has 1 saturated heterocycles. The minimum atomic E-state index is -0.320. The van der Waals surface area contributed by atoms with Gasteiger partial charge in [-0.25, -0.2) is 14.4 Å². The summed E-state index contributed by atoms with van der Waals surface area (Å²) in [5.74, 6) is 1.07. The molecule has 1 atom stereocenters. The molecule has 5 aromatic rings. The SMILES string of the molecule is Cc1nn(C)c(C)c1-c1csc2c(N3CCOC[C@H]3C)nc(-c3cc(F)cc4[nH]ccc34)nc12. The lowest BCUT2D eigenvalue weighted by atomic mass is 10.1. The average molecular weight is 477 g/mol. The molecule has 1 aliphatic heterocycles. The van der Waals surface area contributed by atoms with Crippen molar-refractivity contribution < 1.29 is 9.13 Å². The number of aromatic nitrogens is 5. The van der Waals surface area contributed by atoms with E-state index in [2.05, 4.69) is 34.2 Å². The zero-order valence-electron chi connectivity index (χ0n) is 19.5. The van der Waals surface area contributed by atoms with Gasteiger partial charge in [0.05, 0.1) is 35.2 Å². The predicted octanol–water partition coefficient (Wildman–Crippen LogP) is 5.22. The Kier molecular flexibility index (Phi) is 4.93. The maximum Gasteiger partial charge on any atom is 0.163 e. The van der Waals surface area contributed by atoms with Gasteiger partial charge in [0.25, 0.3) is 0 Å². The Morgan fingerprint density at radius 3 is 2.82 bits per heavy atom. The molecule has 1 fully saturated rings. The molecule has 0 aliphatic carbocycles. The first-order chi connectivity index (χ1) is 16.4. The molecule has 0 radical (unpaired) electrons. The van der Waals surface area contributed by atoms with E-state index in [9.17, 15) is 4.39 Å². The van der Waals surface area contributed by atoms with Gasteiger partial charge in [-0.05, 0) is 39.0 Å². The van der Waals surface area contributed by atoms with Crippen LogP contribution in [0.3, 0.4) is 0 Å². The number of nitrogens with one attached hydrogen (secondary N) is 1. The van der Waals surface area contributed by atoms with Gasteiger partial charge in [-0.3, -0.25) is 4.68 Å². The van der Waals surface area contributed by atoms with Gasteiger partial charge in [0.2, 0.25) is 0 Å². The van der Waals surface area contributed by atoms with Crippen LogP contribution in [-0.4, -0.2) is 50.5 Å². The lowest BCUT2D eigenvalue weighted by Gasteiger charge is -2.34. The highest BCUT2D eigenvalue weighted by Gasteiger charge is 2.27. The van der Waals surface area contributed by atoms with Crippen LogP contribution < -0.4 is 4.90 Å². The van der Waals surface area contributed by atoms with Crippen molar-refractivity contribution in [3.05, 3.63) is 47.0 Å². The summed E-state index contributed by atoms with van der Waals surface area (Å²) in [6.07, 6.45) is 1.81. The van der Waals surface area contributed by atoms with Gasteiger partial charge < -0.3 is 14.6 Å². The van der Waals surface area contributed by atoms with Crippen molar-refractivity contribution >= 4 is 38.3 Å². The molecule has 0 spiro atoms. The molecule has 7 nitrogen and oxygen atoms in total. The summed E-state index contributed by atoms with van der Waals surface area (Å²) < 4.78 is 23.2. The molecule has 0 bridgehead atoms. The third kappa shape index (κ3) is 3.22. The summed E-state index contributed by atoms with van der Waals surface area (Å²) in [5, 5.41) is 7.66. The lowest BCUT2D eigenvalue weighted by Crippen LogP contribution is -2.44. The third-order valence-corrected chi connectivity index (χ3v) is 7.66. The maximum atomic E-state index is 14.6. The highest BCUT2D eigenvalue weighted by molar-refractivity contribution is 7.18. The van der Waals surface area contributed by atoms with Gasteiger partial charge in [-0.15, -0.1) is 11.3 Å². The zero-order chi connectivity index (χ0) is 23.6. The van der Waals surface area contributed by atoms with Crippen LogP contribution in [0.2, 0.25) is 0 Å². The molecule has 0 amide bonds. The third-order valence-electron chi connectivity index (χ3n) is 6.69. The molecule has 5 heterocycles. The number of ether oxygens (including phenoxy) is 1.